The molecule has 4 fully saturated rings. The average molecular weight is 248 g/mol. The van der Waals surface area contributed by atoms with E-state index >= 15 is 0 Å². The molecule has 5 heteroatoms. The summed E-state index contributed by atoms with van der Waals surface area (Å²) in [7, 11) is 0. The maximum atomic E-state index is 11.4. The molecule has 0 aliphatic heterocycles. The van der Waals surface area contributed by atoms with Gasteiger partial charge in [0.2, 0.25) is 0 Å². The molecular weight excluding hydrogens is 231 g/mol. The zero-order valence-corrected chi connectivity index (χ0v) is 9.11. The van der Waals surface area contributed by atoms with E-state index in [9.17, 15) is 19.8 Å². The second kappa shape index (κ2) is 3.97. The van der Waals surface area contributed by atoms with Crippen molar-refractivity contribution >= 4 is 41.5 Å². The first-order valence-corrected chi connectivity index (χ1v) is 5.93. The molecule has 4 nitrogen and oxygen atoms in total. The van der Waals surface area contributed by atoms with Crippen molar-refractivity contribution in [3.8, 4) is 0 Å². The summed E-state index contributed by atoms with van der Waals surface area (Å²) in [5, 5.41) is 18.8. The number of aliphatic carboxylic acids is 2. The van der Waals surface area contributed by atoms with Gasteiger partial charge >= 0.3 is 41.5 Å². The standard InChI is InChI=1S/C12H16O4.Na.H/c13-9(14)11-2-7-1-8(4-11)5-12(3-7,6-11)10(15)16;;/h7-8H,1-6H2,(H,13,14)(H,15,16);;. The summed E-state index contributed by atoms with van der Waals surface area (Å²) in [5.41, 5.74) is -1.44. The van der Waals surface area contributed by atoms with E-state index in [1.807, 2.05) is 0 Å². The summed E-state index contributed by atoms with van der Waals surface area (Å²) >= 11 is 0. The molecule has 90 valence electrons. The summed E-state index contributed by atoms with van der Waals surface area (Å²) in [6, 6.07) is 0. The molecule has 0 amide bonds. The molecule has 17 heavy (non-hydrogen) atoms. The van der Waals surface area contributed by atoms with Crippen LogP contribution in [0.3, 0.4) is 0 Å². The quantitative estimate of drug-likeness (QED) is 0.717. The Bertz CT molecular complexity index is 333. The predicted molar refractivity (Wildman–Crippen MR) is 62.0 cm³/mol. The predicted octanol–water partition coefficient (Wildman–Crippen LogP) is 1.09. The van der Waals surface area contributed by atoms with Crippen LogP contribution in [-0.4, -0.2) is 51.7 Å². The van der Waals surface area contributed by atoms with Gasteiger partial charge in [0.25, 0.3) is 0 Å². The van der Waals surface area contributed by atoms with Crippen LogP contribution >= 0.6 is 0 Å². The maximum absolute atomic E-state index is 11.4. The molecule has 2 N–H and O–H groups in total. The molecule has 4 aliphatic carbocycles. The summed E-state index contributed by atoms with van der Waals surface area (Å²) in [4.78, 5) is 22.8. The van der Waals surface area contributed by atoms with Gasteiger partial charge in [0.1, 0.15) is 0 Å². The molecule has 4 rings (SSSR count). The Labute approximate surface area is 122 Å². The number of carboxylic acid groups (broad SMARTS) is 2. The van der Waals surface area contributed by atoms with Crippen molar-refractivity contribution in [2.24, 2.45) is 22.7 Å². The van der Waals surface area contributed by atoms with E-state index in [0.29, 0.717) is 43.9 Å². The van der Waals surface area contributed by atoms with Crippen molar-refractivity contribution in [3.05, 3.63) is 0 Å². The first-order valence-electron chi connectivity index (χ1n) is 5.93. The molecule has 0 aromatic rings. The van der Waals surface area contributed by atoms with Gasteiger partial charge in [0, 0.05) is 0 Å². The van der Waals surface area contributed by atoms with Crippen LogP contribution in [0.5, 0.6) is 0 Å². The van der Waals surface area contributed by atoms with Crippen molar-refractivity contribution in [1.29, 1.82) is 0 Å². The van der Waals surface area contributed by atoms with Gasteiger partial charge in [0.05, 0.1) is 10.8 Å². The molecule has 0 saturated heterocycles. The molecule has 0 spiro atoms. The van der Waals surface area contributed by atoms with Crippen LogP contribution in [0.4, 0.5) is 0 Å². The number of hydrogen-bond donors (Lipinski definition) is 2. The number of carbonyl (C=O) groups is 2. The van der Waals surface area contributed by atoms with Gasteiger partial charge in [-0.05, 0) is 50.4 Å². The van der Waals surface area contributed by atoms with Crippen LogP contribution in [0.1, 0.15) is 38.5 Å². The molecule has 0 unspecified atom stereocenters. The third-order valence-corrected chi connectivity index (χ3v) is 4.97. The van der Waals surface area contributed by atoms with Crippen LogP contribution in [0.15, 0.2) is 0 Å². The monoisotopic (exact) mass is 248 g/mol. The second-order valence-corrected chi connectivity index (χ2v) is 6.13. The Hall–Kier alpha value is -0.0600. The van der Waals surface area contributed by atoms with E-state index in [2.05, 4.69) is 0 Å². The molecular formula is C12H17NaO4. The van der Waals surface area contributed by atoms with Crippen molar-refractivity contribution in [2.45, 2.75) is 38.5 Å². The fourth-order valence-corrected chi connectivity index (χ4v) is 4.76. The first-order chi connectivity index (χ1) is 7.46. The molecule has 0 heterocycles. The van der Waals surface area contributed by atoms with Crippen molar-refractivity contribution in [1.82, 2.24) is 0 Å². The zero-order valence-electron chi connectivity index (χ0n) is 9.11. The van der Waals surface area contributed by atoms with E-state index in [1.54, 1.807) is 0 Å². The third kappa shape index (κ3) is 1.76. The molecule has 4 aliphatic rings. The first kappa shape index (κ1) is 13.4. The summed E-state index contributed by atoms with van der Waals surface area (Å²) in [5.74, 6) is -0.888. The average Bonchev–Trinajstić information content (AvgIpc) is 2.14. The van der Waals surface area contributed by atoms with Crippen LogP contribution in [0.25, 0.3) is 0 Å². The van der Waals surface area contributed by atoms with Crippen LogP contribution in [0.2, 0.25) is 0 Å². The molecule has 0 aromatic heterocycles. The van der Waals surface area contributed by atoms with E-state index in [1.165, 1.54) is 0 Å². The Balaban J connectivity index is 0.00000108. The van der Waals surface area contributed by atoms with Gasteiger partial charge in [-0.2, -0.15) is 0 Å². The topological polar surface area (TPSA) is 74.6 Å². The molecule has 4 saturated carbocycles. The Morgan fingerprint density at radius 2 is 1.24 bits per heavy atom. The SMILES string of the molecule is O=C(O)C12CC3CC(C1)CC(C(=O)O)(C3)C2.[NaH]. The Morgan fingerprint density at radius 3 is 1.53 bits per heavy atom. The van der Waals surface area contributed by atoms with Gasteiger partial charge in [-0.15, -0.1) is 0 Å². The van der Waals surface area contributed by atoms with Crippen molar-refractivity contribution in [3.63, 3.8) is 0 Å². The van der Waals surface area contributed by atoms with Gasteiger partial charge < -0.3 is 10.2 Å². The van der Waals surface area contributed by atoms with E-state index in [-0.39, 0.29) is 29.6 Å². The second-order valence-electron chi connectivity index (χ2n) is 6.13. The van der Waals surface area contributed by atoms with Gasteiger partial charge in [-0.3, -0.25) is 9.59 Å². The summed E-state index contributed by atoms with van der Waals surface area (Å²) < 4.78 is 0. The van der Waals surface area contributed by atoms with Gasteiger partial charge in [-0.25, -0.2) is 0 Å². The third-order valence-electron chi connectivity index (χ3n) is 4.97. The van der Waals surface area contributed by atoms with Gasteiger partial charge in [0.15, 0.2) is 0 Å². The zero-order chi connectivity index (χ0) is 11.6. The van der Waals surface area contributed by atoms with Crippen molar-refractivity contribution < 1.29 is 19.8 Å². The van der Waals surface area contributed by atoms with E-state index in [0.717, 1.165) is 6.42 Å². The van der Waals surface area contributed by atoms with E-state index in [4.69, 9.17) is 0 Å². The van der Waals surface area contributed by atoms with Gasteiger partial charge in [-0.1, -0.05) is 0 Å². The number of rotatable bonds is 2. The number of hydrogen-bond acceptors (Lipinski definition) is 2. The Morgan fingerprint density at radius 1 is 0.882 bits per heavy atom. The number of carboxylic acids is 2. The summed E-state index contributed by atoms with van der Waals surface area (Å²) in [6.07, 6.45) is 4.21. The normalized spacial score (nSPS) is 46.4. The molecule has 0 aromatic carbocycles. The molecule has 4 bridgehead atoms. The molecule has 0 radical (unpaired) electrons. The Kier molecular flexibility index (Phi) is 3.12. The van der Waals surface area contributed by atoms with Crippen LogP contribution in [0, 0.1) is 22.7 Å². The molecule has 0 atom stereocenters. The van der Waals surface area contributed by atoms with E-state index < -0.39 is 22.8 Å². The minimum atomic E-state index is -0.771. The fraction of sp³-hybridized carbons (Fsp3) is 0.833. The fourth-order valence-electron chi connectivity index (χ4n) is 4.76. The minimum absolute atomic E-state index is 0. The van der Waals surface area contributed by atoms with Crippen molar-refractivity contribution in [2.75, 3.05) is 0 Å². The summed E-state index contributed by atoms with van der Waals surface area (Å²) in [6.45, 7) is 0. The van der Waals surface area contributed by atoms with Crippen LogP contribution < -0.4 is 0 Å². The van der Waals surface area contributed by atoms with Crippen LogP contribution in [-0.2, 0) is 9.59 Å².